The van der Waals surface area contributed by atoms with E-state index in [0.29, 0.717) is 6.42 Å². The van der Waals surface area contributed by atoms with E-state index in [1.54, 1.807) is 6.92 Å². The van der Waals surface area contributed by atoms with E-state index >= 15 is 0 Å². The number of piperidine rings is 1. The molecule has 0 amide bonds. The highest BCUT2D eigenvalue weighted by Crippen LogP contribution is 2.29. The van der Waals surface area contributed by atoms with Gasteiger partial charge in [0, 0.05) is 24.0 Å². The molecule has 0 saturated carbocycles. The molecule has 0 unspecified atom stereocenters. The van der Waals surface area contributed by atoms with Crippen molar-refractivity contribution in [2.24, 2.45) is 0 Å². The summed E-state index contributed by atoms with van der Waals surface area (Å²) in [6.45, 7) is 3.92. The van der Waals surface area contributed by atoms with E-state index in [1.165, 1.54) is 24.9 Å². The van der Waals surface area contributed by atoms with Gasteiger partial charge in [0.25, 0.3) is 0 Å². The van der Waals surface area contributed by atoms with Crippen LogP contribution in [0.2, 0.25) is 0 Å². The van der Waals surface area contributed by atoms with Crippen molar-refractivity contribution in [3.63, 3.8) is 0 Å². The summed E-state index contributed by atoms with van der Waals surface area (Å²) in [6, 6.07) is 6.27. The van der Waals surface area contributed by atoms with Gasteiger partial charge < -0.3 is 4.90 Å². The Morgan fingerprint density at radius 3 is 2.59 bits per heavy atom. The standard InChI is InChI=1S/C14H18BrNO/c1-11(17)9-12-5-6-14(13(15)10-12)16-7-3-2-4-8-16/h5-6,10H,2-4,7-9H2,1H3. The monoisotopic (exact) mass is 295 g/mol. The van der Waals surface area contributed by atoms with Gasteiger partial charge in [-0.1, -0.05) is 6.07 Å². The van der Waals surface area contributed by atoms with Crippen LogP contribution < -0.4 is 4.90 Å². The van der Waals surface area contributed by atoms with Crippen molar-refractivity contribution < 1.29 is 4.79 Å². The van der Waals surface area contributed by atoms with Crippen molar-refractivity contribution in [3.05, 3.63) is 28.2 Å². The SMILES string of the molecule is CC(=O)Cc1ccc(N2CCCCC2)c(Br)c1. The van der Waals surface area contributed by atoms with Crippen molar-refractivity contribution in [2.45, 2.75) is 32.6 Å². The molecule has 92 valence electrons. The van der Waals surface area contributed by atoms with E-state index in [2.05, 4.69) is 39.0 Å². The molecule has 2 rings (SSSR count). The van der Waals surface area contributed by atoms with Gasteiger partial charge in [-0.2, -0.15) is 0 Å². The predicted molar refractivity (Wildman–Crippen MR) is 74.6 cm³/mol. The molecular weight excluding hydrogens is 278 g/mol. The van der Waals surface area contributed by atoms with Crippen molar-refractivity contribution in [3.8, 4) is 0 Å². The van der Waals surface area contributed by atoms with Gasteiger partial charge in [0.2, 0.25) is 0 Å². The molecule has 0 aliphatic carbocycles. The Kier molecular flexibility index (Phi) is 4.21. The van der Waals surface area contributed by atoms with Gasteiger partial charge in [0.1, 0.15) is 5.78 Å². The highest BCUT2D eigenvalue weighted by molar-refractivity contribution is 9.10. The van der Waals surface area contributed by atoms with Crippen molar-refractivity contribution >= 4 is 27.4 Å². The lowest BCUT2D eigenvalue weighted by Crippen LogP contribution is -2.29. The van der Waals surface area contributed by atoms with Crippen LogP contribution in [0.5, 0.6) is 0 Å². The first-order valence-electron chi connectivity index (χ1n) is 6.19. The van der Waals surface area contributed by atoms with Gasteiger partial charge in [0.05, 0.1) is 5.69 Å². The average molecular weight is 296 g/mol. The van der Waals surface area contributed by atoms with Gasteiger partial charge in [-0.05, 0) is 59.8 Å². The van der Waals surface area contributed by atoms with Gasteiger partial charge >= 0.3 is 0 Å². The number of carbonyl (C=O) groups is 1. The Morgan fingerprint density at radius 1 is 1.29 bits per heavy atom. The molecule has 1 aromatic carbocycles. The Bertz CT molecular complexity index is 411. The number of hydrogen-bond donors (Lipinski definition) is 0. The fourth-order valence-corrected chi connectivity index (χ4v) is 3.02. The lowest BCUT2D eigenvalue weighted by Gasteiger charge is -2.29. The Morgan fingerprint density at radius 2 is 2.00 bits per heavy atom. The number of nitrogens with zero attached hydrogens (tertiary/aromatic N) is 1. The summed E-state index contributed by atoms with van der Waals surface area (Å²) in [5, 5.41) is 0. The van der Waals surface area contributed by atoms with E-state index in [4.69, 9.17) is 0 Å². The van der Waals surface area contributed by atoms with Crippen molar-refractivity contribution in [2.75, 3.05) is 18.0 Å². The first kappa shape index (κ1) is 12.6. The molecule has 0 N–H and O–H groups in total. The Labute approximate surface area is 111 Å². The maximum atomic E-state index is 11.1. The number of Topliss-reactive ketones (excluding diaryl/α,β-unsaturated/α-hetero) is 1. The molecule has 2 nitrogen and oxygen atoms in total. The second kappa shape index (κ2) is 5.67. The normalized spacial score (nSPS) is 16.0. The maximum Gasteiger partial charge on any atom is 0.134 e. The van der Waals surface area contributed by atoms with E-state index in [1.807, 2.05) is 0 Å². The number of ketones is 1. The van der Waals surface area contributed by atoms with E-state index in [-0.39, 0.29) is 5.78 Å². The lowest BCUT2D eigenvalue weighted by atomic mass is 10.1. The quantitative estimate of drug-likeness (QED) is 0.850. The van der Waals surface area contributed by atoms with E-state index in [9.17, 15) is 4.79 Å². The smallest absolute Gasteiger partial charge is 0.134 e. The van der Waals surface area contributed by atoms with Crippen LogP contribution in [-0.4, -0.2) is 18.9 Å². The second-order valence-electron chi connectivity index (χ2n) is 4.71. The maximum absolute atomic E-state index is 11.1. The molecule has 0 bridgehead atoms. The minimum atomic E-state index is 0.211. The van der Waals surface area contributed by atoms with Gasteiger partial charge in [-0.15, -0.1) is 0 Å². The zero-order valence-electron chi connectivity index (χ0n) is 10.2. The molecule has 0 spiro atoms. The molecule has 1 heterocycles. The number of anilines is 1. The van der Waals surface area contributed by atoms with Gasteiger partial charge in [-0.3, -0.25) is 4.79 Å². The molecule has 1 aliphatic heterocycles. The molecule has 1 fully saturated rings. The molecule has 17 heavy (non-hydrogen) atoms. The summed E-state index contributed by atoms with van der Waals surface area (Å²) < 4.78 is 1.11. The molecule has 0 atom stereocenters. The molecule has 1 saturated heterocycles. The van der Waals surface area contributed by atoms with Crippen LogP contribution in [0.25, 0.3) is 0 Å². The van der Waals surface area contributed by atoms with Crippen molar-refractivity contribution in [1.29, 1.82) is 0 Å². The van der Waals surface area contributed by atoms with E-state index in [0.717, 1.165) is 23.1 Å². The van der Waals surface area contributed by atoms with Crippen LogP contribution in [0, 0.1) is 0 Å². The van der Waals surface area contributed by atoms with Gasteiger partial charge in [0.15, 0.2) is 0 Å². The summed E-state index contributed by atoms with van der Waals surface area (Å²) >= 11 is 3.62. The largest absolute Gasteiger partial charge is 0.371 e. The summed E-state index contributed by atoms with van der Waals surface area (Å²) in [7, 11) is 0. The van der Waals surface area contributed by atoms with E-state index < -0.39 is 0 Å². The van der Waals surface area contributed by atoms with Gasteiger partial charge in [-0.25, -0.2) is 0 Å². The molecule has 1 aliphatic rings. The fourth-order valence-electron chi connectivity index (χ4n) is 2.34. The Balaban J connectivity index is 2.15. The predicted octanol–water partition coefficient (Wildman–Crippen LogP) is 3.57. The van der Waals surface area contributed by atoms with Crippen LogP contribution in [0.1, 0.15) is 31.7 Å². The summed E-state index contributed by atoms with van der Waals surface area (Å²) in [6.07, 6.45) is 4.43. The molecular formula is C14H18BrNO. The zero-order chi connectivity index (χ0) is 12.3. The third-order valence-electron chi connectivity index (χ3n) is 3.16. The molecule has 1 aromatic rings. The second-order valence-corrected chi connectivity index (χ2v) is 5.57. The number of benzene rings is 1. The highest BCUT2D eigenvalue weighted by Gasteiger charge is 2.13. The first-order valence-corrected chi connectivity index (χ1v) is 6.99. The number of hydrogen-bond acceptors (Lipinski definition) is 2. The topological polar surface area (TPSA) is 20.3 Å². The zero-order valence-corrected chi connectivity index (χ0v) is 11.8. The number of rotatable bonds is 3. The average Bonchev–Trinajstić information content (AvgIpc) is 2.29. The van der Waals surface area contributed by atoms with Crippen molar-refractivity contribution in [1.82, 2.24) is 0 Å². The number of carbonyl (C=O) groups excluding carboxylic acids is 1. The highest BCUT2D eigenvalue weighted by atomic mass is 79.9. The van der Waals surface area contributed by atoms with Crippen LogP contribution in [0.15, 0.2) is 22.7 Å². The summed E-state index contributed by atoms with van der Waals surface area (Å²) in [5.41, 5.74) is 2.35. The van der Waals surface area contributed by atoms with Crippen LogP contribution in [0.3, 0.4) is 0 Å². The fraction of sp³-hybridized carbons (Fsp3) is 0.500. The molecule has 0 aromatic heterocycles. The third kappa shape index (κ3) is 3.32. The molecule has 3 heteroatoms. The van der Waals surface area contributed by atoms with Crippen LogP contribution >= 0.6 is 15.9 Å². The summed E-state index contributed by atoms with van der Waals surface area (Å²) in [4.78, 5) is 13.5. The van der Waals surface area contributed by atoms with Crippen LogP contribution in [0.4, 0.5) is 5.69 Å². The minimum absolute atomic E-state index is 0.211. The first-order chi connectivity index (χ1) is 8.16. The third-order valence-corrected chi connectivity index (χ3v) is 3.80. The van der Waals surface area contributed by atoms with Crippen LogP contribution in [-0.2, 0) is 11.2 Å². The minimum Gasteiger partial charge on any atom is -0.371 e. The summed E-state index contributed by atoms with van der Waals surface area (Å²) in [5.74, 6) is 0.211. The molecule has 0 radical (unpaired) electrons. The Hall–Kier alpha value is -0.830. The lowest BCUT2D eigenvalue weighted by molar-refractivity contribution is -0.116. The number of halogens is 1.